The van der Waals surface area contributed by atoms with Gasteiger partial charge in [0.1, 0.15) is 5.69 Å². The molecule has 0 aromatic carbocycles. The van der Waals surface area contributed by atoms with Crippen LogP contribution in [0.1, 0.15) is 50.1 Å². The molecule has 1 aliphatic heterocycles. The Hall–Kier alpha value is -1.85. The second-order valence-electron chi connectivity index (χ2n) is 8.26. The minimum Gasteiger partial charge on any atom is -0.340 e. The first kappa shape index (κ1) is 15.7. The molecule has 2 amide bonds. The Morgan fingerprint density at radius 3 is 2.42 bits per heavy atom. The van der Waals surface area contributed by atoms with Crippen LogP contribution >= 0.6 is 0 Å². The molecule has 3 fully saturated rings. The van der Waals surface area contributed by atoms with Gasteiger partial charge < -0.3 is 14.4 Å². The molecule has 0 bridgehead atoms. The summed E-state index contributed by atoms with van der Waals surface area (Å²) in [5, 5.41) is 0. The summed E-state index contributed by atoms with van der Waals surface area (Å²) in [6.07, 6.45) is 5.76. The van der Waals surface area contributed by atoms with Gasteiger partial charge in [0.2, 0.25) is 5.91 Å². The van der Waals surface area contributed by atoms with Crippen molar-refractivity contribution in [2.24, 2.45) is 17.8 Å². The number of hydrogen-bond donors (Lipinski definition) is 0. The SMILES string of the molecule is CC(C)n1cnc(C(=O)N2C[C@@H]3C(C(=O)N(C)C4(C)CC4)[C@@H]3C2)c1. The second kappa shape index (κ2) is 5.07. The van der Waals surface area contributed by atoms with E-state index in [1.807, 2.05) is 27.6 Å². The van der Waals surface area contributed by atoms with Crippen molar-refractivity contribution in [1.82, 2.24) is 19.4 Å². The van der Waals surface area contributed by atoms with Gasteiger partial charge in [0.25, 0.3) is 5.91 Å². The lowest BCUT2D eigenvalue weighted by Gasteiger charge is -2.26. The van der Waals surface area contributed by atoms with Gasteiger partial charge >= 0.3 is 0 Å². The van der Waals surface area contributed by atoms with E-state index in [-0.39, 0.29) is 23.3 Å². The number of hydrogen-bond acceptors (Lipinski definition) is 3. The summed E-state index contributed by atoms with van der Waals surface area (Å²) in [7, 11) is 1.94. The van der Waals surface area contributed by atoms with Crippen molar-refractivity contribution in [3.63, 3.8) is 0 Å². The molecule has 1 unspecified atom stereocenters. The monoisotopic (exact) mass is 330 g/mol. The van der Waals surface area contributed by atoms with Gasteiger partial charge in [-0.15, -0.1) is 0 Å². The van der Waals surface area contributed by atoms with Crippen LogP contribution in [-0.4, -0.2) is 56.8 Å². The maximum absolute atomic E-state index is 12.6. The third-order valence-electron chi connectivity index (χ3n) is 6.30. The molecule has 2 saturated carbocycles. The van der Waals surface area contributed by atoms with Crippen LogP contribution in [0.3, 0.4) is 0 Å². The topological polar surface area (TPSA) is 58.4 Å². The molecule has 1 saturated heterocycles. The molecule has 2 heterocycles. The highest BCUT2D eigenvalue weighted by atomic mass is 16.2. The van der Waals surface area contributed by atoms with E-state index in [0.29, 0.717) is 36.7 Å². The fourth-order valence-electron chi connectivity index (χ4n) is 3.96. The van der Waals surface area contributed by atoms with Crippen molar-refractivity contribution in [2.45, 2.75) is 45.2 Å². The molecular formula is C18H26N4O2. The fraction of sp³-hybridized carbons (Fsp3) is 0.722. The normalized spacial score (nSPS) is 29.5. The Morgan fingerprint density at radius 2 is 1.92 bits per heavy atom. The van der Waals surface area contributed by atoms with E-state index >= 15 is 0 Å². The third kappa shape index (κ3) is 2.34. The number of nitrogens with zero attached hydrogens (tertiary/aromatic N) is 4. The molecule has 2 aliphatic carbocycles. The fourth-order valence-corrected chi connectivity index (χ4v) is 3.96. The predicted octanol–water partition coefficient (Wildman–Crippen LogP) is 1.79. The van der Waals surface area contributed by atoms with Crippen LogP contribution in [0.15, 0.2) is 12.5 Å². The Bertz CT molecular complexity index is 679. The van der Waals surface area contributed by atoms with Gasteiger partial charge in [0, 0.05) is 43.8 Å². The summed E-state index contributed by atoms with van der Waals surface area (Å²) < 4.78 is 1.95. The van der Waals surface area contributed by atoms with E-state index in [1.54, 1.807) is 6.33 Å². The summed E-state index contributed by atoms with van der Waals surface area (Å²) in [6, 6.07) is 0.298. The van der Waals surface area contributed by atoms with E-state index in [0.717, 1.165) is 12.8 Å². The summed E-state index contributed by atoms with van der Waals surface area (Å²) >= 11 is 0. The van der Waals surface area contributed by atoms with Crippen LogP contribution in [0.4, 0.5) is 0 Å². The maximum atomic E-state index is 12.6. The minimum absolute atomic E-state index is 0.00434. The van der Waals surface area contributed by atoms with E-state index in [1.165, 1.54) is 0 Å². The van der Waals surface area contributed by atoms with E-state index < -0.39 is 0 Å². The third-order valence-corrected chi connectivity index (χ3v) is 6.30. The van der Waals surface area contributed by atoms with Gasteiger partial charge in [-0.2, -0.15) is 0 Å². The highest BCUT2D eigenvalue weighted by Crippen LogP contribution is 2.54. The molecule has 3 aliphatic rings. The van der Waals surface area contributed by atoms with Crippen molar-refractivity contribution >= 4 is 11.8 Å². The van der Waals surface area contributed by atoms with Crippen LogP contribution in [0.5, 0.6) is 0 Å². The molecule has 6 nitrogen and oxygen atoms in total. The van der Waals surface area contributed by atoms with Crippen molar-refractivity contribution in [2.75, 3.05) is 20.1 Å². The van der Waals surface area contributed by atoms with Gasteiger partial charge in [-0.3, -0.25) is 9.59 Å². The second-order valence-corrected chi connectivity index (χ2v) is 8.26. The number of rotatable bonds is 4. The van der Waals surface area contributed by atoms with Crippen LogP contribution in [0, 0.1) is 17.8 Å². The molecule has 3 atom stereocenters. The zero-order chi connectivity index (χ0) is 17.2. The molecular weight excluding hydrogens is 304 g/mol. The first-order valence-corrected chi connectivity index (χ1v) is 8.92. The Morgan fingerprint density at radius 1 is 1.29 bits per heavy atom. The first-order valence-electron chi connectivity index (χ1n) is 8.92. The molecule has 4 rings (SSSR count). The Balaban J connectivity index is 1.36. The van der Waals surface area contributed by atoms with Crippen LogP contribution in [0.2, 0.25) is 0 Å². The molecule has 130 valence electrons. The molecule has 24 heavy (non-hydrogen) atoms. The first-order chi connectivity index (χ1) is 11.3. The molecule has 1 aromatic rings. The number of piperidine rings is 1. The molecule has 0 radical (unpaired) electrons. The van der Waals surface area contributed by atoms with Crippen molar-refractivity contribution in [3.8, 4) is 0 Å². The van der Waals surface area contributed by atoms with Crippen molar-refractivity contribution in [1.29, 1.82) is 0 Å². The number of amides is 2. The van der Waals surface area contributed by atoms with Gasteiger partial charge in [0.05, 0.1) is 6.33 Å². The lowest BCUT2D eigenvalue weighted by Crippen LogP contribution is -2.40. The van der Waals surface area contributed by atoms with Gasteiger partial charge in [0.15, 0.2) is 0 Å². The van der Waals surface area contributed by atoms with Crippen molar-refractivity contribution < 1.29 is 9.59 Å². The minimum atomic E-state index is -0.00434. The summed E-state index contributed by atoms with van der Waals surface area (Å²) in [6.45, 7) is 7.67. The zero-order valence-electron chi connectivity index (χ0n) is 14.9. The standard InChI is InChI=1S/C18H26N4O2/c1-11(2)22-9-14(19-10-22)16(23)21-7-12-13(8-21)15(12)17(24)20(4)18(3)5-6-18/h9-13,15H,5-8H2,1-4H3/t12-,13+,15?. The average Bonchev–Trinajstić information content (AvgIpc) is 3.29. The largest absolute Gasteiger partial charge is 0.340 e. The number of imidazole rings is 1. The predicted molar refractivity (Wildman–Crippen MR) is 89.4 cm³/mol. The van der Waals surface area contributed by atoms with Crippen LogP contribution < -0.4 is 0 Å². The number of carbonyl (C=O) groups excluding carboxylic acids is 2. The lowest BCUT2D eigenvalue weighted by molar-refractivity contribution is -0.134. The quantitative estimate of drug-likeness (QED) is 0.846. The number of aromatic nitrogens is 2. The molecule has 0 spiro atoms. The van der Waals surface area contributed by atoms with Crippen LogP contribution in [0.25, 0.3) is 0 Å². The Kier molecular flexibility index (Phi) is 3.31. The van der Waals surface area contributed by atoms with E-state index in [2.05, 4.69) is 25.8 Å². The smallest absolute Gasteiger partial charge is 0.274 e. The molecule has 0 N–H and O–H groups in total. The van der Waals surface area contributed by atoms with Gasteiger partial charge in [-0.05, 0) is 45.4 Å². The zero-order valence-corrected chi connectivity index (χ0v) is 14.9. The number of likely N-dealkylation sites (tertiary alicyclic amines) is 1. The Labute approximate surface area is 142 Å². The van der Waals surface area contributed by atoms with E-state index in [9.17, 15) is 9.59 Å². The number of fused-ring (bicyclic) bond motifs is 1. The highest BCUT2D eigenvalue weighted by molar-refractivity contribution is 5.93. The summed E-state index contributed by atoms with van der Waals surface area (Å²) in [4.78, 5) is 33.3. The lowest BCUT2D eigenvalue weighted by atomic mass is 10.2. The van der Waals surface area contributed by atoms with Crippen molar-refractivity contribution in [3.05, 3.63) is 18.2 Å². The van der Waals surface area contributed by atoms with E-state index in [4.69, 9.17) is 0 Å². The summed E-state index contributed by atoms with van der Waals surface area (Å²) in [5.41, 5.74) is 0.600. The maximum Gasteiger partial charge on any atom is 0.274 e. The highest BCUT2D eigenvalue weighted by Gasteiger charge is 2.62. The van der Waals surface area contributed by atoms with Gasteiger partial charge in [-0.1, -0.05) is 0 Å². The molecule has 6 heteroatoms. The summed E-state index contributed by atoms with van der Waals surface area (Å²) in [5.74, 6) is 1.10. The average molecular weight is 330 g/mol. The number of carbonyl (C=O) groups is 2. The molecule has 1 aromatic heterocycles. The van der Waals surface area contributed by atoms with Gasteiger partial charge in [-0.25, -0.2) is 4.98 Å². The van der Waals surface area contributed by atoms with Crippen LogP contribution in [-0.2, 0) is 4.79 Å².